The number of imidazole rings is 1. The van der Waals surface area contributed by atoms with Crippen LogP contribution < -0.4 is 5.32 Å². The molecule has 0 aliphatic carbocycles. The molecular weight excluding hydrogens is 486 g/mol. The smallest absolute Gasteiger partial charge is 0.268 e. The Hall–Kier alpha value is -4.31. The molecule has 4 aromatic heterocycles. The van der Waals surface area contributed by atoms with Crippen LogP contribution in [0.5, 0.6) is 0 Å². The van der Waals surface area contributed by atoms with Gasteiger partial charge in [-0.05, 0) is 55.7 Å². The number of H-pyrrole nitrogens is 1. The second-order valence-corrected chi connectivity index (χ2v) is 10.1. The van der Waals surface area contributed by atoms with E-state index >= 15 is 0 Å². The van der Waals surface area contributed by atoms with Crippen LogP contribution in [0.1, 0.15) is 35.0 Å². The number of likely N-dealkylation sites (tertiary alicyclic amines) is 1. The van der Waals surface area contributed by atoms with Crippen molar-refractivity contribution < 1.29 is 9.59 Å². The average Bonchev–Trinajstić information content (AvgIpc) is 3.63. The number of aromatic nitrogens is 5. The summed E-state index contributed by atoms with van der Waals surface area (Å²) in [6.07, 6.45) is 7.37. The SMILES string of the molecule is C=CC(=O)N1CCC[C@@H](n2c(NC(=O)c3ccc(-c4ccnc5[nH]ncc45)s3)nc3ccccc32)CC1. The maximum absolute atomic E-state index is 13.4. The molecule has 2 amide bonds. The number of benzene rings is 1. The van der Waals surface area contributed by atoms with Gasteiger partial charge in [0, 0.05) is 41.2 Å². The van der Waals surface area contributed by atoms with E-state index in [1.165, 1.54) is 17.4 Å². The summed E-state index contributed by atoms with van der Waals surface area (Å²) in [6, 6.07) is 13.7. The Bertz CT molecular complexity index is 1630. The second kappa shape index (κ2) is 9.62. The van der Waals surface area contributed by atoms with Crippen molar-refractivity contribution in [1.82, 2.24) is 29.6 Å². The number of hydrogen-bond acceptors (Lipinski definition) is 6. The first-order valence-electron chi connectivity index (χ1n) is 12.2. The highest BCUT2D eigenvalue weighted by Gasteiger charge is 2.25. The number of rotatable bonds is 5. The van der Waals surface area contributed by atoms with Crippen molar-refractivity contribution in [2.45, 2.75) is 25.3 Å². The highest BCUT2D eigenvalue weighted by atomic mass is 32.1. The van der Waals surface area contributed by atoms with Crippen LogP contribution in [0, 0.1) is 0 Å². The number of aromatic amines is 1. The summed E-state index contributed by atoms with van der Waals surface area (Å²) in [5.41, 5.74) is 3.49. The van der Waals surface area contributed by atoms with E-state index < -0.39 is 0 Å². The summed E-state index contributed by atoms with van der Waals surface area (Å²) in [5, 5.41) is 11.0. The monoisotopic (exact) mass is 511 g/mol. The summed E-state index contributed by atoms with van der Waals surface area (Å²) >= 11 is 1.42. The number of nitrogens with zero attached hydrogens (tertiary/aromatic N) is 5. The number of fused-ring (bicyclic) bond motifs is 2. The Kier molecular flexibility index (Phi) is 6.01. The molecule has 2 N–H and O–H groups in total. The molecule has 5 aromatic rings. The first-order valence-corrected chi connectivity index (χ1v) is 13.0. The van der Waals surface area contributed by atoms with Crippen molar-refractivity contribution in [3.05, 3.63) is 72.4 Å². The van der Waals surface area contributed by atoms with Crippen molar-refractivity contribution in [2.24, 2.45) is 0 Å². The molecule has 186 valence electrons. The van der Waals surface area contributed by atoms with Gasteiger partial charge in [0.05, 0.1) is 22.1 Å². The number of nitrogens with one attached hydrogen (secondary N) is 2. The fraction of sp³-hybridized carbons (Fsp3) is 0.222. The van der Waals surface area contributed by atoms with Gasteiger partial charge in [0.15, 0.2) is 5.65 Å². The largest absolute Gasteiger partial charge is 0.339 e. The lowest BCUT2D eigenvalue weighted by atomic mass is 10.1. The van der Waals surface area contributed by atoms with Crippen LogP contribution in [0.3, 0.4) is 0 Å². The quantitative estimate of drug-likeness (QED) is 0.322. The fourth-order valence-electron chi connectivity index (χ4n) is 5.02. The van der Waals surface area contributed by atoms with Crippen molar-refractivity contribution in [2.75, 3.05) is 18.4 Å². The third-order valence-electron chi connectivity index (χ3n) is 6.82. The third kappa shape index (κ3) is 4.29. The van der Waals surface area contributed by atoms with Gasteiger partial charge in [-0.3, -0.25) is 20.0 Å². The number of carbonyl (C=O) groups is 2. The van der Waals surface area contributed by atoms with Crippen LogP contribution in [0.2, 0.25) is 0 Å². The Morgan fingerprint density at radius 2 is 2.03 bits per heavy atom. The van der Waals surface area contributed by atoms with Gasteiger partial charge in [-0.25, -0.2) is 9.97 Å². The summed E-state index contributed by atoms with van der Waals surface area (Å²) in [6.45, 7) is 4.96. The van der Waals surface area contributed by atoms with Crippen molar-refractivity contribution in [3.63, 3.8) is 0 Å². The number of para-hydroxylation sites is 2. The van der Waals surface area contributed by atoms with Gasteiger partial charge < -0.3 is 9.47 Å². The van der Waals surface area contributed by atoms with E-state index in [4.69, 9.17) is 4.98 Å². The number of pyridine rings is 1. The van der Waals surface area contributed by atoms with E-state index in [9.17, 15) is 9.59 Å². The number of thiophene rings is 1. The maximum atomic E-state index is 13.4. The van der Waals surface area contributed by atoms with Crippen molar-refractivity contribution in [3.8, 4) is 10.4 Å². The lowest BCUT2D eigenvalue weighted by Gasteiger charge is -2.21. The first-order chi connectivity index (χ1) is 18.1. The molecule has 0 saturated carbocycles. The molecule has 1 atom stereocenters. The minimum atomic E-state index is -0.206. The molecule has 1 saturated heterocycles. The zero-order valence-electron chi connectivity index (χ0n) is 20.1. The molecule has 10 heteroatoms. The van der Waals surface area contributed by atoms with E-state index in [0.717, 1.165) is 46.1 Å². The molecule has 6 rings (SSSR count). The van der Waals surface area contributed by atoms with Gasteiger partial charge in [-0.15, -0.1) is 11.3 Å². The second-order valence-electron chi connectivity index (χ2n) is 9.02. The Morgan fingerprint density at radius 1 is 1.14 bits per heavy atom. The first kappa shape index (κ1) is 23.1. The zero-order valence-corrected chi connectivity index (χ0v) is 20.9. The average molecular weight is 512 g/mol. The van der Waals surface area contributed by atoms with Crippen molar-refractivity contribution >= 4 is 51.2 Å². The molecule has 1 aromatic carbocycles. The minimum absolute atomic E-state index is 0.0416. The molecule has 1 fully saturated rings. The molecule has 37 heavy (non-hydrogen) atoms. The number of carbonyl (C=O) groups excluding carboxylic acids is 2. The summed E-state index contributed by atoms with van der Waals surface area (Å²) in [7, 11) is 0. The number of anilines is 1. The van der Waals surface area contributed by atoms with E-state index in [1.54, 1.807) is 12.4 Å². The molecule has 1 aliphatic rings. The maximum Gasteiger partial charge on any atom is 0.268 e. The van der Waals surface area contributed by atoms with E-state index in [1.807, 2.05) is 47.4 Å². The van der Waals surface area contributed by atoms with Gasteiger partial charge in [0.2, 0.25) is 11.9 Å². The fourth-order valence-corrected chi connectivity index (χ4v) is 5.96. The van der Waals surface area contributed by atoms with Gasteiger partial charge in [0.1, 0.15) is 0 Å². The minimum Gasteiger partial charge on any atom is -0.339 e. The third-order valence-corrected chi connectivity index (χ3v) is 7.94. The Morgan fingerprint density at radius 3 is 2.92 bits per heavy atom. The molecule has 0 unspecified atom stereocenters. The van der Waals surface area contributed by atoms with Crippen LogP contribution in [-0.2, 0) is 4.79 Å². The lowest BCUT2D eigenvalue weighted by molar-refractivity contribution is -0.125. The van der Waals surface area contributed by atoms with Gasteiger partial charge in [-0.2, -0.15) is 5.10 Å². The van der Waals surface area contributed by atoms with Crippen LogP contribution in [0.4, 0.5) is 5.95 Å². The number of amides is 2. The van der Waals surface area contributed by atoms with Gasteiger partial charge >= 0.3 is 0 Å². The van der Waals surface area contributed by atoms with Crippen molar-refractivity contribution in [1.29, 1.82) is 0 Å². The van der Waals surface area contributed by atoms with E-state index in [2.05, 4.69) is 31.6 Å². The molecular formula is C27H25N7O2S. The zero-order chi connectivity index (χ0) is 25.4. The summed E-state index contributed by atoms with van der Waals surface area (Å²) < 4.78 is 2.13. The van der Waals surface area contributed by atoms with Crippen LogP contribution in [0.15, 0.2) is 67.5 Å². The lowest BCUT2D eigenvalue weighted by Crippen LogP contribution is -2.30. The molecule has 5 heterocycles. The molecule has 1 aliphatic heterocycles. The van der Waals surface area contributed by atoms with Crippen LogP contribution >= 0.6 is 11.3 Å². The van der Waals surface area contributed by atoms with Gasteiger partial charge in [-0.1, -0.05) is 18.7 Å². The molecule has 0 spiro atoms. The van der Waals surface area contributed by atoms with E-state index in [0.29, 0.717) is 29.6 Å². The normalized spacial score (nSPS) is 16.1. The Balaban J connectivity index is 1.29. The topological polar surface area (TPSA) is 109 Å². The van der Waals surface area contributed by atoms with Crippen LogP contribution in [-0.4, -0.2) is 54.5 Å². The predicted octanol–water partition coefficient (Wildman–Crippen LogP) is 5.03. The summed E-state index contributed by atoms with van der Waals surface area (Å²) in [5.74, 6) is 0.276. The number of hydrogen-bond donors (Lipinski definition) is 2. The highest BCUT2D eigenvalue weighted by molar-refractivity contribution is 7.17. The summed E-state index contributed by atoms with van der Waals surface area (Å²) in [4.78, 5) is 38.0. The molecule has 0 bridgehead atoms. The van der Waals surface area contributed by atoms with Gasteiger partial charge in [0.25, 0.3) is 5.91 Å². The molecule has 0 radical (unpaired) electrons. The van der Waals surface area contributed by atoms with E-state index in [-0.39, 0.29) is 17.9 Å². The predicted molar refractivity (Wildman–Crippen MR) is 145 cm³/mol. The highest BCUT2D eigenvalue weighted by Crippen LogP contribution is 2.34. The Labute approximate surface area is 216 Å². The standard InChI is InChI=1S/C27H25N7O2S/c1-2-24(35)33-14-5-6-17(12-15-33)34-21-8-4-3-7-20(21)30-27(34)31-26(36)23-10-9-22(37-23)18-11-13-28-25-19(18)16-29-32-25/h2-4,7-11,13,16-17H,1,5-6,12,14-15H2,(H,28,29,32)(H,30,31,36)/t17-/m1/s1. The van der Waals surface area contributed by atoms with Crippen LogP contribution in [0.25, 0.3) is 32.5 Å². The molecule has 9 nitrogen and oxygen atoms in total.